The van der Waals surface area contributed by atoms with Crippen LogP contribution in [0.25, 0.3) is 0 Å². The monoisotopic (exact) mass is 515 g/mol. The molecule has 0 radical (unpaired) electrons. The Morgan fingerprint density at radius 2 is 1.29 bits per heavy atom. The third kappa shape index (κ3) is 3.96. The van der Waals surface area contributed by atoms with Gasteiger partial charge in [0.25, 0.3) is 0 Å². The lowest BCUT2D eigenvalue weighted by molar-refractivity contribution is -0.138. The van der Waals surface area contributed by atoms with Gasteiger partial charge in [-0.1, -0.05) is 27.7 Å². The standard InChI is InChI=1S/C29H25NO8/c1-14(2)26(32)35-17-6-9-20-23(12-17)37-24-13-18(36-27(33)15(3)4)7-10-21(24)29(20)22-11-16(25(30)31)5-8-19(22)28(34)38-29/h5-15H,1-4H3,(H2,30,31). The molecular weight excluding hydrogens is 490 g/mol. The van der Waals surface area contributed by atoms with E-state index in [9.17, 15) is 19.2 Å². The first kappa shape index (κ1) is 25.0. The summed E-state index contributed by atoms with van der Waals surface area (Å²) >= 11 is 0. The molecule has 2 aliphatic rings. The van der Waals surface area contributed by atoms with E-state index in [0.717, 1.165) is 0 Å². The molecule has 0 saturated carbocycles. The van der Waals surface area contributed by atoms with Crippen molar-refractivity contribution in [2.24, 2.45) is 17.6 Å². The van der Waals surface area contributed by atoms with Crippen molar-refractivity contribution in [1.29, 1.82) is 0 Å². The lowest BCUT2D eigenvalue weighted by Gasteiger charge is -2.36. The summed E-state index contributed by atoms with van der Waals surface area (Å²) in [6.45, 7) is 6.86. The predicted molar refractivity (Wildman–Crippen MR) is 134 cm³/mol. The summed E-state index contributed by atoms with van der Waals surface area (Å²) in [5.74, 6) is -1.85. The van der Waals surface area contributed by atoms with Crippen molar-refractivity contribution < 1.29 is 38.1 Å². The summed E-state index contributed by atoms with van der Waals surface area (Å²) in [5, 5.41) is 0. The molecule has 9 nitrogen and oxygen atoms in total. The number of hydrogen-bond donors (Lipinski definition) is 1. The number of nitrogens with two attached hydrogens (primary N) is 1. The molecule has 1 amide bonds. The molecule has 3 aromatic rings. The number of ether oxygens (including phenoxy) is 4. The number of amides is 1. The molecule has 0 saturated heterocycles. The minimum atomic E-state index is -1.50. The SMILES string of the molecule is CC(C)C(=O)Oc1ccc2c(c1)Oc1cc(OC(=O)C(C)C)ccc1C21OC(=O)c2ccc(C(N)=O)cc21. The first-order chi connectivity index (χ1) is 18.0. The molecule has 3 aromatic carbocycles. The van der Waals surface area contributed by atoms with Crippen molar-refractivity contribution in [3.8, 4) is 23.0 Å². The van der Waals surface area contributed by atoms with Gasteiger partial charge in [-0.3, -0.25) is 14.4 Å². The number of benzene rings is 3. The topological polar surface area (TPSA) is 131 Å². The third-order valence-corrected chi connectivity index (χ3v) is 6.41. The Labute approximate surface area is 218 Å². The number of hydrogen-bond acceptors (Lipinski definition) is 8. The Morgan fingerprint density at radius 1 is 0.763 bits per heavy atom. The second-order valence-corrected chi connectivity index (χ2v) is 9.76. The van der Waals surface area contributed by atoms with Gasteiger partial charge >= 0.3 is 17.9 Å². The maximum Gasteiger partial charge on any atom is 0.340 e. The van der Waals surface area contributed by atoms with Crippen molar-refractivity contribution >= 4 is 23.8 Å². The van der Waals surface area contributed by atoms with Gasteiger partial charge in [-0.2, -0.15) is 0 Å². The average Bonchev–Trinajstić information content (AvgIpc) is 3.15. The molecule has 0 bridgehead atoms. The Morgan fingerprint density at radius 3 is 1.76 bits per heavy atom. The van der Waals surface area contributed by atoms with E-state index >= 15 is 0 Å². The molecule has 5 rings (SSSR count). The van der Waals surface area contributed by atoms with E-state index in [1.165, 1.54) is 30.3 Å². The van der Waals surface area contributed by atoms with Gasteiger partial charge in [0.1, 0.15) is 23.0 Å². The zero-order valence-corrected chi connectivity index (χ0v) is 21.2. The number of esters is 3. The highest BCUT2D eigenvalue weighted by Gasteiger charge is 2.54. The van der Waals surface area contributed by atoms with Gasteiger partial charge in [0, 0.05) is 34.4 Å². The van der Waals surface area contributed by atoms with E-state index in [4.69, 9.17) is 24.7 Å². The Balaban J connectivity index is 1.72. The molecule has 38 heavy (non-hydrogen) atoms. The van der Waals surface area contributed by atoms with Crippen molar-refractivity contribution in [3.05, 3.63) is 82.4 Å². The van der Waals surface area contributed by atoms with Crippen LogP contribution in [0.4, 0.5) is 0 Å². The second-order valence-electron chi connectivity index (χ2n) is 9.76. The highest BCUT2D eigenvalue weighted by Crippen LogP contribution is 2.57. The molecular formula is C29H25NO8. The van der Waals surface area contributed by atoms with Crippen LogP contribution in [-0.2, 0) is 19.9 Å². The van der Waals surface area contributed by atoms with Crippen LogP contribution in [0.2, 0.25) is 0 Å². The summed E-state index contributed by atoms with van der Waals surface area (Å²) in [6.07, 6.45) is 0. The maximum atomic E-state index is 13.1. The fourth-order valence-electron chi connectivity index (χ4n) is 4.43. The number of fused-ring (bicyclic) bond motifs is 6. The molecule has 0 aromatic heterocycles. The smallest absolute Gasteiger partial charge is 0.340 e. The largest absolute Gasteiger partial charge is 0.456 e. The third-order valence-electron chi connectivity index (χ3n) is 6.41. The quantitative estimate of drug-likeness (QED) is 0.389. The van der Waals surface area contributed by atoms with Crippen molar-refractivity contribution in [2.75, 3.05) is 0 Å². The van der Waals surface area contributed by atoms with Crippen molar-refractivity contribution in [1.82, 2.24) is 0 Å². The van der Waals surface area contributed by atoms with E-state index in [1.54, 1.807) is 52.0 Å². The molecule has 9 heteroatoms. The lowest BCUT2D eigenvalue weighted by Crippen LogP contribution is -2.33. The van der Waals surface area contributed by atoms with E-state index in [1.807, 2.05) is 0 Å². The van der Waals surface area contributed by atoms with Crippen LogP contribution in [0.15, 0.2) is 54.6 Å². The zero-order valence-electron chi connectivity index (χ0n) is 21.2. The fraction of sp³-hybridized carbons (Fsp3) is 0.241. The van der Waals surface area contributed by atoms with Gasteiger partial charge in [0.15, 0.2) is 5.60 Å². The maximum absolute atomic E-state index is 13.1. The summed E-state index contributed by atoms with van der Waals surface area (Å²) in [6, 6.07) is 14.0. The zero-order chi connectivity index (χ0) is 27.4. The first-order valence-corrected chi connectivity index (χ1v) is 12.1. The van der Waals surface area contributed by atoms with Crippen LogP contribution >= 0.6 is 0 Å². The normalized spacial score (nSPS) is 14.3. The van der Waals surface area contributed by atoms with E-state index in [0.29, 0.717) is 16.7 Å². The lowest BCUT2D eigenvalue weighted by atomic mass is 9.77. The van der Waals surface area contributed by atoms with Gasteiger partial charge in [-0.15, -0.1) is 0 Å². The highest BCUT2D eigenvalue weighted by molar-refractivity contribution is 6.00. The van der Waals surface area contributed by atoms with Crippen molar-refractivity contribution in [2.45, 2.75) is 33.3 Å². The van der Waals surface area contributed by atoms with Gasteiger partial charge in [0.05, 0.1) is 17.4 Å². The molecule has 2 N–H and O–H groups in total. The predicted octanol–water partition coefficient (Wildman–Crippen LogP) is 4.48. The summed E-state index contributed by atoms with van der Waals surface area (Å²) in [4.78, 5) is 49.5. The molecule has 0 aliphatic carbocycles. The van der Waals surface area contributed by atoms with Crippen molar-refractivity contribution in [3.63, 3.8) is 0 Å². The molecule has 0 atom stereocenters. The minimum Gasteiger partial charge on any atom is -0.456 e. The van der Waals surface area contributed by atoms with Crippen LogP contribution in [0.1, 0.15) is 65.1 Å². The average molecular weight is 516 g/mol. The van der Waals surface area contributed by atoms with Crippen LogP contribution < -0.4 is 19.9 Å². The van der Waals surface area contributed by atoms with Gasteiger partial charge in [-0.25, -0.2) is 4.79 Å². The fourth-order valence-corrected chi connectivity index (χ4v) is 4.43. The summed E-state index contributed by atoms with van der Waals surface area (Å²) in [7, 11) is 0. The Bertz CT molecular complexity index is 1450. The number of carbonyl (C=O) groups excluding carboxylic acids is 4. The molecule has 2 aliphatic heterocycles. The first-order valence-electron chi connectivity index (χ1n) is 12.1. The number of rotatable bonds is 5. The molecule has 194 valence electrons. The van der Waals surface area contributed by atoms with Crippen LogP contribution in [0.3, 0.4) is 0 Å². The second kappa shape index (κ2) is 9.02. The van der Waals surface area contributed by atoms with E-state index in [2.05, 4.69) is 0 Å². The van der Waals surface area contributed by atoms with Gasteiger partial charge < -0.3 is 24.7 Å². The van der Waals surface area contributed by atoms with Gasteiger partial charge in [-0.05, 0) is 42.5 Å². The molecule has 1 spiro atoms. The highest BCUT2D eigenvalue weighted by atomic mass is 16.6. The van der Waals surface area contributed by atoms with Crippen LogP contribution in [0, 0.1) is 11.8 Å². The van der Waals surface area contributed by atoms with E-state index < -0.39 is 29.4 Å². The molecule has 0 unspecified atom stereocenters. The number of carbonyl (C=O) groups is 4. The molecule has 0 fully saturated rings. The summed E-state index contributed by atoms with van der Waals surface area (Å²) in [5.41, 5.74) is 5.82. The number of primary amides is 1. The van der Waals surface area contributed by atoms with Crippen LogP contribution in [0.5, 0.6) is 23.0 Å². The minimum absolute atomic E-state index is 0.195. The van der Waals surface area contributed by atoms with Gasteiger partial charge in [0.2, 0.25) is 5.91 Å². The molecule has 2 heterocycles. The Kier molecular flexibility index (Phi) is 5.94. The van der Waals surface area contributed by atoms with Crippen LogP contribution in [-0.4, -0.2) is 23.8 Å². The van der Waals surface area contributed by atoms with E-state index in [-0.39, 0.29) is 46.0 Å². The Hall–Kier alpha value is -4.66. The summed E-state index contributed by atoms with van der Waals surface area (Å²) < 4.78 is 23.2.